The number of benzene rings is 1. The van der Waals surface area contributed by atoms with Crippen molar-refractivity contribution in [2.75, 3.05) is 13.1 Å². The zero-order valence-corrected chi connectivity index (χ0v) is 14.5. The van der Waals surface area contributed by atoms with Crippen molar-refractivity contribution in [2.45, 2.75) is 26.3 Å². The molecule has 138 valence electrons. The van der Waals surface area contributed by atoms with Crippen LogP contribution in [-0.2, 0) is 11.3 Å². The maximum Gasteiger partial charge on any atom is 0.227 e. The fourth-order valence-electron chi connectivity index (χ4n) is 2.95. The zero-order chi connectivity index (χ0) is 18.6. The van der Waals surface area contributed by atoms with Crippen LogP contribution in [0.4, 0.5) is 8.78 Å². The van der Waals surface area contributed by atoms with E-state index in [9.17, 15) is 13.6 Å². The Kier molecular flexibility index (Phi) is 5.46. The molecule has 0 spiro atoms. The fraction of sp³-hybridized carbons (Fsp3) is 0.368. The van der Waals surface area contributed by atoms with E-state index in [0.29, 0.717) is 12.1 Å². The summed E-state index contributed by atoms with van der Waals surface area (Å²) in [5, 5.41) is 6.15. The lowest BCUT2D eigenvalue weighted by atomic mass is 9.82. The van der Waals surface area contributed by atoms with Gasteiger partial charge in [0.05, 0.1) is 5.41 Å². The Balaban J connectivity index is 1.70. The van der Waals surface area contributed by atoms with Gasteiger partial charge in [-0.2, -0.15) is 0 Å². The van der Waals surface area contributed by atoms with Gasteiger partial charge in [0.25, 0.3) is 0 Å². The predicted molar refractivity (Wildman–Crippen MR) is 92.7 cm³/mol. The highest BCUT2D eigenvalue weighted by molar-refractivity contribution is 5.82. The maximum absolute atomic E-state index is 13.8. The lowest BCUT2D eigenvalue weighted by molar-refractivity contribution is -0.131. The Hall–Kier alpha value is -2.54. The summed E-state index contributed by atoms with van der Waals surface area (Å²) in [5.74, 6) is -1.50. The molecule has 1 atom stereocenters. The molecule has 3 rings (SSSR count). The van der Waals surface area contributed by atoms with Gasteiger partial charge in [-0.15, -0.1) is 0 Å². The highest BCUT2D eigenvalue weighted by Crippen LogP contribution is 2.28. The van der Waals surface area contributed by atoms with Gasteiger partial charge in [0.1, 0.15) is 5.82 Å². The first-order valence-electron chi connectivity index (χ1n) is 8.54. The Bertz CT molecular complexity index is 792. The largest absolute Gasteiger partial charge is 0.436 e. The molecule has 1 aliphatic heterocycles. The normalized spacial score (nSPS) is 19.8. The minimum atomic E-state index is -0.813. The molecule has 2 N–H and O–H groups in total. The van der Waals surface area contributed by atoms with Crippen molar-refractivity contribution in [3.8, 4) is 11.6 Å². The molecule has 1 amide bonds. The Morgan fingerprint density at radius 1 is 1.38 bits per heavy atom. The maximum atomic E-state index is 13.8. The SMILES string of the molecule is C[C@]1(C(=O)NCc2cccnc2Oc2ccc(F)cc2F)CCCNC1. The van der Waals surface area contributed by atoms with Crippen molar-refractivity contribution in [3.63, 3.8) is 0 Å². The van der Waals surface area contributed by atoms with Crippen LogP contribution in [0, 0.1) is 17.0 Å². The van der Waals surface area contributed by atoms with Gasteiger partial charge in [0, 0.05) is 30.9 Å². The number of hydrogen-bond acceptors (Lipinski definition) is 4. The van der Waals surface area contributed by atoms with Crippen molar-refractivity contribution in [1.29, 1.82) is 0 Å². The van der Waals surface area contributed by atoms with E-state index < -0.39 is 17.0 Å². The van der Waals surface area contributed by atoms with Crippen LogP contribution in [0.2, 0.25) is 0 Å². The van der Waals surface area contributed by atoms with Crippen LogP contribution < -0.4 is 15.4 Å². The van der Waals surface area contributed by atoms with Gasteiger partial charge in [0.15, 0.2) is 11.6 Å². The molecule has 5 nitrogen and oxygen atoms in total. The molecule has 1 aromatic carbocycles. The number of nitrogens with zero attached hydrogens (tertiary/aromatic N) is 1. The molecule has 0 radical (unpaired) electrons. The lowest BCUT2D eigenvalue weighted by Gasteiger charge is -2.32. The number of ether oxygens (including phenoxy) is 1. The summed E-state index contributed by atoms with van der Waals surface area (Å²) in [6.07, 6.45) is 3.28. The Morgan fingerprint density at radius 2 is 2.23 bits per heavy atom. The summed E-state index contributed by atoms with van der Waals surface area (Å²) >= 11 is 0. The summed E-state index contributed by atoms with van der Waals surface area (Å²) in [5.41, 5.74) is 0.154. The smallest absolute Gasteiger partial charge is 0.227 e. The van der Waals surface area contributed by atoms with Gasteiger partial charge in [0.2, 0.25) is 11.8 Å². The Morgan fingerprint density at radius 3 is 2.96 bits per heavy atom. The highest BCUT2D eigenvalue weighted by Gasteiger charge is 2.34. The van der Waals surface area contributed by atoms with E-state index in [1.807, 2.05) is 6.92 Å². The molecular weight excluding hydrogens is 340 g/mol. The monoisotopic (exact) mass is 361 g/mol. The molecule has 0 saturated carbocycles. The van der Waals surface area contributed by atoms with Crippen molar-refractivity contribution in [2.24, 2.45) is 5.41 Å². The molecule has 1 saturated heterocycles. The number of piperidine rings is 1. The van der Waals surface area contributed by atoms with E-state index >= 15 is 0 Å². The van der Waals surface area contributed by atoms with Gasteiger partial charge < -0.3 is 15.4 Å². The molecule has 26 heavy (non-hydrogen) atoms. The van der Waals surface area contributed by atoms with Gasteiger partial charge >= 0.3 is 0 Å². The van der Waals surface area contributed by atoms with Gasteiger partial charge in [-0.1, -0.05) is 6.07 Å². The van der Waals surface area contributed by atoms with Crippen LogP contribution in [0.5, 0.6) is 11.6 Å². The number of amides is 1. The summed E-state index contributed by atoms with van der Waals surface area (Å²) in [7, 11) is 0. The first-order valence-corrected chi connectivity index (χ1v) is 8.54. The molecule has 0 unspecified atom stereocenters. The number of pyridine rings is 1. The molecular formula is C19H21F2N3O2. The fourth-order valence-corrected chi connectivity index (χ4v) is 2.95. The van der Waals surface area contributed by atoms with Crippen molar-refractivity contribution >= 4 is 5.91 Å². The summed E-state index contributed by atoms with van der Waals surface area (Å²) < 4.78 is 32.3. The standard InChI is InChI=1S/C19H21F2N3O2/c1-19(7-3-8-22-12-19)18(25)24-11-13-4-2-9-23-17(13)26-16-6-5-14(20)10-15(16)21/h2,4-6,9-10,22H,3,7-8,11-12H2,1H3,(H,24,25)/t19-/m0/s1. The first-order chi connectivity index (χ1) is 12.5. The Labute approximate surface area is 150 Å². The van der Waals surface area contributed by atoms with Crippen molar-refractivity contribution in [3.05, 3.63) is 53.7 Å². The van der Waals surface area contributed by atoms with Gasteiger partial charge in [-0.05, 0) is 44.5 Å². The lowest BCUT2D eigenvalue weighted by Crippen LogP contribution is -2.48. The van der Waals surface area contributed by atoms with Crippen molar-refractivity contribution in [1.82, 2.24) is 15.6 Å². The highest BCUT2D eigenvalue weighted by atomic mass is 19.1. The second-order valence-corrected chi connectivity index (χ2v) is 6.67. The molecule has 2 heterocycles. The summed E-state index contributed by atoms with van der Waals surface area (Å²) in [6, 6.07) is 6.51. The average molecular weight is 361 g/mol. The second kappa shape index (κ2) is 7.78. The topological polar surface area (TPSA) is 63.2 Å². The van der Waals surface area contributed by atoms with Crippen molar-refractivity contribution < 1.29 is 18.3 Å². The first kappa shape index (κ1) is 18.3. The third-order valence-electron chi connectivity index (χ3n) is 4.54. The van der Waals surface area contributed by atoms with Crippen LogP contribution in [0.1, 0.15) is 25.3 Å². The zero-order valence-electron chi connectivity index (χ0n) is 14.5. The summed E-state index contributed by atoms with van der Waals surface area (Å²) in [4.78, 5) is 16.6. The third-order valence-corrected chi connectivity index (χ3v) is 4.54. The van der Waals surface area contributed by atoms with Crippen LogP contribution in [0.15, 0.2) is 36.5 Å². The average Bonchev–Trinajstić information content (AvgIpc) is 2.63. The van der Waals surface area contributed by atoms with E-state index in [-0.39, 0.29) is 24.1 Å². The number of rotatable bonds is 5. The third kappa shape index (κ3) is 4.16. The number of aromatic nitrogens is 1. The molecule has 7 heteroatoms. The molecule has 0 bridgehead atoms. The second-order valence-electron chi connectivity index (χ2n) is 6.67. The van der Waals surface area contributed by atoms with Gasteiger partial charge in [-0.25, -0.2) is 13.8 Å². The number of carbonyl (C=O) groups excluding carboxylic acids is 1. The molecule has 1 aliphatic rings. The summed E-state index contributed by atoms with van der Waals surface area (Å²) in [6.45, 7) is 3.70. The molecule has 1 aromatic heterocycles. The van der Waals surface area contributed by atoms with Crippen LogP contribution in [0.25, 0.3) is 0 Å². The van der Waals surface area contributed by atoms with Gasteiger partial charge in [-0.3, -0.25) is 4.79 Å². The minimum Gasteiger partial charge on any atom is -0.436 e. The van der Waals surface area contributed by atoms with E-state index in [2.05, 4.69) is 15.6 Å². The predicted octanol–water partition coefficient (Wildman–Crippen LogP) is 3.16. The number of carbonyl (C=O) groups is 1. The van der Waals surface area contributed by atoms with Crippen LogP contribution >= 0.6 is 0 Å². The minimum absolute atomic E-state index is 0.0486. The van der Waals surface area contributed by atoms with E-state index in [4.69, 9.17) is 4.74 Å². The van der Waals surface area contributed by atoms with E-state index in [0.717, 1.165) is 31.5 Å². The van der Waals surface area contributed by atoms with Crippen LogP contribution in [-0.4, -0.2) is 24.0 Å². The molecule has 0 aliphatic carbocycles. The van der Waals surface area contributed by atoms with E-state index in [1.165, 1.54) is 12.3 Å². The van der Waals surface area contributed by atoms with Crippen LogP contribution in [0.3, 0.4) is 0 Å². The number of hydrogen-bond donors (Lipinski definition) is 2. The van der Waals surface area contributed by atoms with E-state index in [1.54, 1.807) is 12.1 Å². The number of nitrogens with one attached hydrogen (secondary N) is 2. The number of halogens is 2. The molecule has 2 aromatic rings. The molecule has 1 fully saturated rings. The quantitative estimate of drug-likeness (QED) is 0.859.